The van der Waals surface area contributed by atoms with E-state index in [4.69, 9.17) is 14.2 Å². The van der Waals surface area contributed by atoms with Gasteiger partial charge in [0.05, 0.1) is 18.0 Å². The maximum Gasteiger partial charge on any atom is 0.412 e. The van der Waals surface area contributed by atoms with Crippen LogP contribution < -0.4 is 25.4 Å². The van der Waals surface area contributed by atoms with Crippen LogP contribution in [0.25, 0.3) is 0 Å². The van der Waals surface area contributed by atoms with Gasteiger partial charge in [0.15, 0.2) is 11.5 Å². The minimum atomic E-state index is -0.663. The van der Waals surface area contributed by atoms with Crippen LogP contribution in [-0.4, -0.2) is 53.6 Å². The fourth-order valence-electron chi connectivity index (χ4n) is 3.84. The van der Waals surface area contributed by atoms with Gasteiger partial charge >= 0.3 is 12.1 Å². The topological polar surface area (TPSA) is 138 Å². The molecule has 210 valence electrons. The number of hydrogen-bond acceptors (Lipinski definition) is 7. The van der Waals surface area contributed by atoms with E-state index in [1.165, 1.54) is 4.90 Å². The molecule has 11 heteroatoms. The van der Waals surface area contributed by atoms with Crippen LogP contribution in [0.1, 0.15) is 36.7 Å². The van der Waals surface area contributed by atoms with E-state index in [-0.39, 0.29) is 32.4 Å². The number of fused-ring (bicyclic) bond motifs is 1. The number of nitrogens with zero attached hydrogens (tertiary/aromatic N) is 1. The second-order valence-electron chi connectivity index (χ2n) is 9.97. The Hall–Kier alpha value is -4.77. The van der Waals surface area contributed by atoms with Crippen LogP contribution in [-0.2, 0) is 11.3 Å². The standard InChI is InChI=1S/C29H32N4O7/c1-29(2,3)40-28(37)32-23-7-5-4-6-22(23)31-26(35)20-10-8-19(9-11-20)17-33(14-15-34)27(36)30-21-12-13-24-25(16-21)39-18-38-24/h4-13,16,34H,14-15,17-18H2,1-3H3,(H,30,36)(H,31,35)(H,32,37). The first-order valence-corrected chi connectivity index (χ1v) is 12.7. The van der Waals surface area contributed by atoms with Gasteiger partial charge in [0.2, 0.25) is 6.79 Å². The molecule has 0 saturated carbocycles. The molecule has 0 atom stereocenters. The quantitative estimate of drug-likeness (QED) is 0.309. The second-order valence-corrected chi connectivity index (χ2v) is 9.97. The summed E-state index contributed by atoms with van der Waals surface area (Å²) in [5, 5.41) is 17.8. The highest BCUT2D eigenvalue weighted by Crippen LogP contribution is 2.34. The fraction of sp³-hybridized carbons (Fsp3) is 0.276. The number of para-hydroxylation sites is 2. The summed E-state index contributed by atoms with van der Waals surface area (Å²) in [6.07, 6.45) is -0.631. The van der Waals surface area contributed by atoms with Crippen molar-refractivity contribution in [2.45, 2.75) is 32.9 Å². The van der Waals surface area contributed by atoms with E-state index < -0.39 is 17.7 Å². The van der Waals surface area contributed by atoms with Crippen LogP contribution in [0, 0.1) is 0 Å². The first-order chi connectivity index (χ1) is 19.1. The number of benzene rings is 3. The number of rotatable bonds is 8. The normalized spacial score (nSPS) is 11.9. The Balaban J connectivity index is 1.38. The lowest BCUT2D eigenvalue weighted by molar-refractivity contribution is 0.0635. The third-order valence-electron chi connectivity index (χ3n) is 5.68. The molecule has 4 rings (SSSR count). The molecule has 0 fully saturated rings. The molecule has 1 aliphatic rings. The van der Waals surface area contributed by atoms with Crippen molar-refractivity contribution in [1.29, 1.82) is 0 Å². The van der Waals surface area contributed by atoms with E-state index in [2.05, 4.69) is 16.0 Å². The number of amides is 4. The molecule has 1 heterocycles. The maximum absolute atomic E-state index is 12.9. The van der Waals surface area contributed by atoms with E-state index >= 15 is 0 Å². The number of ether oxygens (including phenoxy) is 3. The van der Waals surface area contributed by atoms with Crippen molar-refractivity contribution in [3.8, 4) is 11.5 Å². The summed E-state index contributed by atoms with van der Waals surface area (Å²) in [6, 6.07) is 18.2. The Kier molecular flexibility index (Phi) is 8.75. The van der Waals surface area contributed by atoms with Gasteiger partial charge in [0, 0.05) is 30.4 Å². The van der Waals surface area contributed by atoms with Crippen molar-refractivity contribution >= 4 is 35.1 Å². The number of carbonyl (C=O) groups excluding carboxylic acids is 3. The van der Waals surface area contributed by atoms with Gasteiger partial charge in [-0.2, -0.15) is 0 Å². The summed E-state index contributed by atoms with van der Waals surface area (Å²) >= 11 is 0. The molecular formula is C29H32N4O7. The van der Waals surface area contributed by atoms with E-state index in [9.17, 15) is 19.5 Å². The largest absolute Gasteiger partial charge is 0.454 e. The summed E-state index contributed by atoms with van der Waals surface area (Å²) in [5.74, 6) is 0.776. The molecule has 0 radical (unpaired) electrons. The summed E-state index contributed by atoms with van der Waals surface area (Å²) in [5.41, 5.74) is 1.83. The van der Waals surface area contributed by atoms with Crippen molar-refractivity contribution in [1.82, 2.24) is 4.90 Å². The third kappa shape index (κ3) is 7.64. The summed E-state index contributed by atoms with van der Waals surface area (Å²) in [7, 11) is 0. The summed E-state index contributed by atoms with van der Waals surface area (Å²) in [6.45, 7) is 5.52. The molecular weight excluding hydrogens is 516 g/mol. The lowest BCUT2D eigenvalue weighted by Gasteiger charge is -2.22. The van der Waals surface area contributed by atoms with Crippen molar-refractivity contribution < 1.29 is 33.7 Å². The monoisotopic (exact) mass is 548 g/mol. The Morgan fingerprint density at radius 2 is 1.57 bits per heavy atom. The van der Waals surface area contributed by atoms with Crippen molar-refractivity contribution in [3.63, 3.8) is 0 Å². The number of urea groups is 1. The zero-order valence-corrected chi connectivity index (χ0v) is 22.5. The summed E-state index contributed by atoms with van der Waals surface area (Å²) in [4.78, 5) is 39.5. The molecule has 0 aliphatic carbocycles. The molecule has 0 bridgehead atoms. The number of anilines is 3. The Morgan fingerprint density at radius 3 is 2.25 bits per heavy atom. The maximum atomic E-state index is 12.9. The predicted octanol–water partition coefficient (Wildman–Crippen LogP) is 5.04. The van der Waals surface area contributed by atoms with Crippen LogP contribution in [0.15, 0.2) is 66.7 Å². The van der Waals surface area contributed by atoms with E-state index in [0.29, 0.717) is 34.1 Å². The molecule has 3 aromatic carbocycles. The van der Waals surface area contributed by atoms with E-state index in [0.717, 1.165) is 5.56 Å². The van der Waals surface area contributed by atoms with Crippen molar-refractivity contribution in [2.75, 3.05) is 35.9 Å². The molecule has 40 heavy (non-hydrogen) atoms. The first kappa shape index (κ1) is 28.2. The molecule has 0 saturated heterocycles. The summed E-state index contributed by atoms with van der Waals surface area (Å²) < 4.78 is 15.9. The van der Waals surface area contributed by atoms with Gasteiger partial charge < -0.3 is 34.9 Å². The number of nitrogens with one attached hydrogen (secondary N) is 3. The van der Waals surface area contributed by atoms with Crippen molar-refractivity contribution in [3.05, 3.63) is 77.9 Å². The fourth-order valence-corrected chi connectivity index (χ4v) is 3.84. The van der Waals surface area contributed by atoms with Crippen LogP contribution in [0.2, 0.25) is 0 Å². The average Bonchev–Trinajstić information content (AvgIpc) is 3.37. The van der Waals surface area contributed by atoms with Gasteiger partial charge in [-0.25, -0.2) is 9.59 Å². The van der Waals surface area contributed by atoms with Crippen molar-refractivity contribution in [2.24, 2.45) is 0 Å². The van der Waals surface area contributed by atoms with Crippen LogP contribution in [0.4, 0.5) is 26.7 Å². The van der Waals surface area contributed by atoms with Gasteiger partial charge in [-0.3, -0.25) is 10.1 Å². The number of aliphatic hydroxyl groups is 1. The van der Waals surface area contributed by atoms with Gasteiger partial charge in [-0.1, -0.05) is 24.3 Å². The molecule has 11 nitrogen and oxygen atoms in total. The highest BCUT2D eigenvalue weighted by molar-refractivity contribution is 6.06. The lowest BCUT2D eigenvalue weighted by atomic mass is 10.1. The van der Waals surface area contributed by atoms with Gasteiger partial charge in [-0.15, -0.1) is 0 Å². The van der Waals surface area contributed by atoms with Crippen LogP contribution in [0.3, 0.4) is 0 Å². The number of aliphatic hydroxyl groups excluding tert-OH is 1. The average molecular weight is 549 g/mol. The molecule has 0 unspecified atom stereocenters. The van der Waals surface area contributed by atoms with E-state index in [1.54, 1.807) is 87.5 Å². The number of hydrogen-bond donors (Lipinski definition) is 4. The SMILES string of the molecule is CC(C)(C)OC(=O)Nc1ccccc1NC(=O)c1ccc(CN(CCO)C(=O)Nc2ccc3c(c2)OCO3)cc1. The molecule has 1 aliphatic heterocycles. The molecule has 4 amide bonds. The Bertz CT molecular complexity index is 1370. The molecule has 4 N–H and O–H groups in total. The minimum Gasteiger partial charge on any atom is -0.454 e. The molecule has 0 spiro atoms. The lowest BCUT2D eigenvalue weighted by Crippen LogP contribution is -2.36. The Morgan fingerprint density at radius 1 is 0.900 bits per heavy atom. The first-order valence-electron chi connectivity index (χ1n) is 12.7. The zero-order valence-electron chi connectivity index (χ0n) is 22.5. The van der Waals surface area contributed by atoms with Gasteiger partial charge in [0.25, 0.3) is 5.91 Å². The smallest absolute Gasteiger partial charge is 0.412 e. The van der Waals surface area contributed by atoms with Gasteiger partial charge in [0.1, 0.15) is 5.60 Å². The third-order valence-corrected chi connectivity index (χ3v) is 5.68. The van der Waals surface area contributed by atoms with Crippen LogP contribution in [0.5, 0.6) is 11.5 Å². The van der Waals surface area contributed by atoms with Gasteiger partial charge in [-0.05, 0) is 62.7 Å². The zero-order chi connectivity index (χ0) is 28.7. The second kappa shape index (κ2) is 12.4. The molecule has 0 aromatic heterocycles. The predicted molar refractivity (Wildman–Crippen MR) is 150 cm³/mol. The number of carbonyl (C=O) groups is 3. The Labute approximate surface area is 232 Å². The highest BCUT2D eigenvalue weighted by atomic mass is 16.7. The van der Waals surface area contributed by atoms with Crippen LogP contribution >= 0.6 is 0 Å². The van der Waals surface area contributed by atoms with E-state index in [1.807, 2.05) is 0 Å². The molecule has 3 aromatic rings. The minimum absolute atomic E-state index is 0.111. The highest BCUT2D eigenvalue weighted by Gasteiger charge is 2.19.